The van der Waals surface area contributed by atoms with Crippen LogP contribution in [0.2, 0.25) is 0 Å². The third-order valence-corrected chi connectivity index (χ3v) is 6.05. The average molecular weight is 271 g/mol. The van der Waals surface area contributed by atoms with E-state index in [-0.39, 0.29) is 5.25 Å². The summed E-state index contributed by atoms with van der Waals surface area (Å²) in [5.41, 5.74) is 0. The number of nitrogens with zero attached hydrogens (tertiary/aromatic N) is 2. The lowest BCUT2D eigenvalue weighted by Gasteiger charge is -2.04. The van der Waals surface area contributed by atoms with Gasteiger partial charge in [0.2, 0.25) is 5.89 Å². The van der Waals surface area contributed by atoms with Gasteiger partial charge in [0.15, 0.2) is 15.7 Å². The van der Waals surface area contributed by atoms with Crippen molar-refractivity contribution in [3.63, 3.8) is 0 Å². The normalized spacial score (nSPS) is 30.9. The SMILES string of the molecule is O=S1(=O)CCCC1Cc1nc(C2CCNC2)no1. The van der Waals surface area contributed by atoms with Gasteiger partial charge in [-0.25, -0.2) is 8.42 Å². The monoisotopic (exact) mass is 271 g/mol. The van der Waals surface area contributed by atoms with Gasteiger partial charge in [0.1, 0.15) is 0 Å². The van der Waals surface area contributed by atoms with Crippen LogP contribution in [0.5, 0.6) is 0 Å². The van der Waals surface area contributed by atoms with E-state index in [1.165, 1.54) is 0 Å². The van der Waals surface area contributed by atoms with Crippen molar-refractivity contribution in [3.8, 4) is 0 Å². The van der Waals surface area contributed by atoms with Crippen LogP contribution in [0.4, 0.5) is 0 Å². The lowest BCUT2D eigenvalue weighted by molar-refractivity contribution is 0.367. The molecule has 0 radical (unpaired) electrons. The predicted molar refractivity (Wildman–Crippen MR) is 65.0 cm³/mol. The Labute approximate surface area is 106 Å². The Morgan fingerprint density at radius 1 is 1.39 bits per heavy atom. The Bertz CT molecular complexity index is 519. The molecule has 1 aromatic rings. The van der Waals surface area contributed by atoms with Crippen molar-refractivity contribution >= 4 is 9.84 Å². The number of aromatic nitrogens is 2. The maximum atomic E-state index is 11.7. The van der Waals surface area contributed by atoms with E-state index in [1.54, 1.807) is 0 Å². The largest absolute Gasteiger partial charge is 0.339 e. The molecule has 7 heteroatoms. The standard InChI is InChI=1S/C11H17N3O3S/c15-18(16)5-1-2-9(18)6-10-13-11(14-17-10)8-3-4-12-7-8/h8-9,12H,1-7H2. The van der Waals surface area contributed by atoms with E-state index in [2.05, 4.69) is 15.5 Å². The zero-order valence-electron chi connectivity index (χ0n) is 10.1. The molecule has 2 unspecified atom stereocenters. The fourth-order valence-electron chi connectivity index (χ4n) is 2.67. The highest BCUT2D eigenvalue weighted by Crippen LogP contribution is 2.24. The zero-order chi connectivity index (χ0) is 12.6. The van der Waals surface area contributed by atoms with E-state index < -0.39 is 9.84 Å². The Hall–Kier alpha value is -0.950. The highest BCUT2D eigenvalue weighted by atomic mass is 32.2. The first-order valence-corrected chi connectivity index (χ1v) is 8.11. The van der Waals surface area contributed by atoms with E-state index in [0.717, 1.165) is 25.9 Å². The first kappa shape index (κ1) is 12.1. The van der Waals surface area contributed by atoms with Crippen LogP contribution in [0.15, 0.2) is 4.52 Å². The number of hydrogen-bond donors (Lipinski definition) is 1. The van der Waals surface area contributed by atoms with Crippen LogP contribution in [-0.4, -0.2) is 42.7 Å². The summed E-state index contributed by atoms with van der Waals surface area (Å²) in [6.45, 7) is 1.85. The molecule has 2 fully saturated rings. The molecule has 18 heavy (non-hydrogen) atoms. The molecule has 2 atom stereocenters. The number of hydrogen-bond acceptors (Lipinski definition) is 6. The van der Waals surface area contributed by atoms with Crippen molar-refractivity contribution < 1.29 is 12.9 Å². The van der Waals surface area contributed by atoms with Gasteiger partial charge >= 0.3 is 0 Å². The molecule has 0 aliphatic carbocycles. The fourth-order valence-corrected chi connectivity index (χ4v) is 4.50. The third-order valence-electron chi connectivity index (χ3n) is 3.77. The van der Waals surface area contributed by atoms with Gasteiger partial charge in [0, 0.05) is 18.9 Å². The van der Waals surface area contributed by atoms with E-state index in [1.807, 2.05) is 0 Å². The Morgan fingerprint density at radius 3 is 2.94 bits per heavy atom. The molecule has 1 N–H and O–H groups in total. The lowest BCUT2D eigenvalue weighted by atomic mass is 10.1. The van der Waals surface area contributed by atoms with Crippen molar-refractivity contribution in [3.05, 3.63) is 11.7 Å². The second-order valence-corrected chi connectivity index (χ2v) is 7.47. The van der Waals surface area contributed by atoms with Gasteiger partial charge in [0.05, 0.1) is 11.0 Å². The second-order valence-electron chi connectivity index (χ2n) is 5.07. The molecule has 2 saturated heterocycles. The molecule has 0 spiro atoms. The topological polar surface area (TPSA) is 85.1 Å². The van der Waals surface area contributed by atoms with Gasteiger partial charge in [-0.1, -0.05) is 5.16 Å². The van der Waals surface area contributed by atoms with Crippen LogP contribution in [0.25, 0.3) is 0 Å². The minimum Gasteiger partial charge on any atom is -0.339 e. The molecule has 1 aromatic heterocycles. The molecule has 3 heterocycles. The minimum absolute atomic E-state index is 0.297. The number of nitrogens with one attached hydrogen (secondary N) is 1. The second kappa shape index (κ2) is 4.62. The van der Waals surface area contributed by atoms with Gasteiger partial charge in [-0.05, 0) is 25.8 Å². The summed E-state index contributed by atoms with van der Waals surface area (Å²) in [6.07, 6.45) is 2.85. The summed E-state index contributed by atoms with van der Waals surface area (Å²) in [5, 5.41) is 6.89. The first-order valence-electron chi connectivity index (χ1n) is 6.40. The molecule has 100 valence electrons. The van der Waals surface area contributed by atoms with Gasteiger partial charge in [-0.15, -0.1) is 0 Å². The molecule has 6 nitrogen and oxygen atoms in total. The minimum atomic E-state index is -2.94. The van der Waals surface area contributed by atoms with Crippen molar-refractivity contribution in [1.29, 1.82) is 0 Å². The van der Waals surface area contributed by atoms with Crippen molar-refractivity contribution in [1.82, 2.24) is 15.5 Å². The molecule has 0 bridgehead atoms. The molecule has 0 saturated carbocycles. The molecule has 2 aliphatic rings. The molecule has 0 amide bonds. The lowest BCUT2D eigenvalue weighted by Crippen LogP contribution is -2.18. The molecule has 2 aliphatic heterocycles. The number of sulfone groups is 1. The number of rotatable bonds is 3. The van der Waals surface area contributed by atoms with Crippen LogP contribution in [0, 0.1) is 0 Å². The van der Waals surface area contributed by atoms with Gasteiger partial charge < -0.3 is 9.84 Å². The Kier molecular flexibility index (Phi) is 3.11. The maximum absolute atomic E-state index is 11.7. The molecular weight excluding hydrogens is 254 g/mol. The zero-order valence-corrected chi connectivity index (χ0v) is 10.9. The third kappa shape index (κ3) is 2.29. The molecule has 0 aromatic carbocycles. The summed E-state index contributed by atoms with van der Waals surface area (Å²) in [7, 11) is -2.94. The average Bonchev–Trinajstić information content (AvgIpc) is 3.02. The smallest absolute Gasteiger partial charge is 0.227 e. The highest BCUT2D eigenvalue weighted by Gasteiger charge is 2.33. The van der Waals surface area contributed by atoms with E-state index in [0.29, 0.717) is 36.2 Å². The van der Waals surface area contributed by atoms with Crippen LogP contribution in [0.3, 0.4) is 0 Å². The highest BCUT2D eigenvalue weighted by molar-refractivity contribution is 7.92. The maximum Gasteiger partial charge on any atom is 0.227 e. The quantitative estimate of drug-likeness (QED) is 0.849. The fraction of sp³-hybridized carbons (Fsp3) is 0.818. The van der Waals surface area contributed by atoms with Gasteiger partial charge in [0.25, 0.3) is 0 Å². The van der Waals surface area contributed by atoms with Gasteiger partial charge in [-0.2, -0.15) is 4.98 Å². The summed E-state index contributed by atoms with van der Waals surface area (Å²) >= 11 is 0. The van der Waals surface area contributed by atoms with Gasteiger partial charge in [-0.3, -0.25) is 0 Å². The van der Waals surface area contributed by atoms with Crippen molar-refractivity contribution in [2.75, 3.05) is 18.8 Å². The van der Waals surface area contributed by atoms with Crippen LogP contribution in [0.1, 0.15) is 36.9 Å². The predicted octanol–water partition coefficient (Wildman–Crippen LogP) is 0.266. The van der Waals surface area contributed by atoms with E-state index in [4.69, 9.17) is 4.52 Å². The van der Waals surface area contributed by atoms with Crippen LogP contribution >= 0.6 is 0 Å². The Balaban J connectivity index is 1.70. The summed E-state index contributed by atoms with van der Waals surface area (Å²) in [4.78, 5) is 4.34. The van der Waals surface area contributed by atoms with Crippen LogP contribution in [-0.2, 0) is 16.3 Å². The Morgan fingerprint density at radius 2 is 2.28 bits per heavy atom. The van der Waals surface area contributed by atoms with E-state index in [9.17, 15) is 8.42 Å². The first-order chi connectivity index (χ1) is 8.65. The summed E-state index contributed by atoms with van der Waals surface area (Å²) < 4.78 is 28.6. The summed E-state index contributed by atoms with van der Waals surface area (Å²) in [6, 6.07) is 0. The molecular formula is C11H17N3O3S. The van der Waals surface area contributed by atoms with E-state index >= 15 is 0 Å². The molecule has 3 rings (SSSR count). The van der Waals surface area contributed by atoms with Crippen molar-refractivity contribution in [2.45, 2.75) is 36.9 Å². The van der Waals surface area contributed by atoms with Crippen LogP contribution < -0.4 is 5.32 Å². The van der Waals surface area contributed by atoms with Crippen molar-refractivity contribution in [2.24, 2.45) is 0 Å². The summed E-state index contributed by atoms with van der Waals surface area (Å²) in [5.74, 6) is 1.78.